The zero-order chi connectivity index (χ0) is 19.4. The van der Waals surface area contributed by atoms with E-state index in [4.69, 9.17) is 4.74 Å². The van der Waals surface area contributed by atoms with Crippen LogP contribution in [0.2, 0.25) is 0 Å². The first kappa shape index (κ1) is 20.9. The molecule has 0 aromatic heterocycles. The second-order valence-corrected chi connectivity index (χ2v) is 10.1. The van der Waals surface area contributed by atoms with Gasteiger partial charge in [0.2, 0.25) is 5.54 Å². The van der Waals surface area contributed by atoms with Crippen LogP contribution in [0.4, 0.5) is 0 Å². The highest BCUT2D eigenvalue weighted by molar-refractivity contribution is 14.1. The first-order valence-electron chi connectivity index (χ1n) is 10.7. The lowest BCUT2D eigenvalue weighted by Crippen LogP contribution is -2.46. The van der Waals surface area contributed by atoms with Gasteiger partial charge in [0.25, 0.3) is 0 Å². The molecule has 2 nitrogen and oxygen atoms in total. The number of benzene rings is 1. The van der Waals surface area contributed by atoms with Gasteiger partial charge in [-0.2, -0.15) is 4.58 Å². The van der Waals surface area contributed by atoms with Crippen molar-refractivity contribution < 1.29 is 9.31 Å². The van der Waals surface area contributed by atoms with Crippen molar-refractivity contribution in [3.05, 3.63) is 45.2 Å². The lowest BCUT2D eigenvalue weighted by molar-refractivity contribution is -0.601. The highest BCUT2D eigenvalue weighted by Crippen LogP contribution is 2.46. The van der Waals surface area contributed by atoms with Crippen LogP contribution in [0.3, 0.4) is 0 Å². The van der Waals surface area contributed by atoms with E-state index in [-0.39, 0.29) is 5.54 Å². The molecule has 1 aromatic carbocycles. The third-order valence-electron chi connectivity index (χ3n) is 6.57. The normalized spacial score (nSPS) is 26.4. The maximum atomic E-state index is 6.62. The second-order valence-electron chi connectivity index (χ2n) is 8.51. The Bertz CT molecular complexity index is 698. The van der Waals surface area contributed by atoms with Crippen LogP contribution in [0.5, 0.6) is 0 Å². The third-order valence-corrected chi connectivity index (χ3v) is 7.06. The van der Waals surface area contributed by atoms with Crippen LogP contribution in [-0.2, 0) is 4.74 Å². The Morgan fingerprint density at radius 3 is 2.52 bits per heavy atom. The summed E-state index contributed by atoms with van der Waals surface area (Å²) >= 11 is 2.47. The van der Waals surface area contributed by atoms with Gasteiger partial charge in [-0.15, -0.1) is 0 Å². The lowest BCUT2D eigenvalue weighted by atomic mass is 9.81. The van der Waals surface area contributed by atoms with Crippen molar-refractivity contribution in [2.75, 3.05) is 6.54 Å². The van der Waals surface area contributed by atoms with Gasteiger partial charge in [-0.1, -0.05) is 63.4 Å². The van der Waals surface area contributed by atoms with Gasteiger partial charge in [-0.3, -0.25) is 0 Å². The molecule has 1 aromatic rings. The fourth-order valence-corrected chi connectivity index (χ4v) is 5.59. The third kappa shape index (κ3) is 4.28. The molecule has 0 amide bonds. The Morgan fingerprint density at radius 1 is 1.26 bits per heavy atom. The highest BCUT2D eigenvalue weighted by Gasteiger charge is 2.57. The van der Waals surface area contributed by atoms with E-state index in [1.807, 2.05) is 0 Å². The molecule has 0 spiro atoms. The fourth-order valence-electron chi connectivity index (χ4n) is 4.94. The van der Waals surface area contributed by atoms with Crippen molar-refractivity contribution in [3.8, 4) is 0 Å². The largest absolute Gasteiger partial charge is 0.405 e. The molecule has 0 bridgehead atoms. The maximum absolute atomic E-state index is 6.62. The molecule has 148 valence electrons. The number of nitrogens with zero attached hydrogens (tertiary/aromatic N) is 1. The minimum Gasteiger partial charge on any atom is -0.405 e. The standard InChI is InChI=1S/C24H35INO/c1-5-6-16-22-26(17-18(2)20-12-8-7-9-13-20)24(4,21-14-10-11-15-21)23(27-22)19(3)25/h7-9,12-13,18,21H,5-6,10-11,14-17H2,1-4H3/q+1. The molecule has 1 fully saturated rings. The molecule has 1 aliphatic carbocycles. The number of ether oxygens (including phenoxy) is 1. The molecule has 2 atom stereocenters. The molecule has 0 N–H and O–H groups in total. The maximum Gasteiger partial charge on any atom is 0.342 e. The fraction of sp³-hybridized carbons (Fsp3) is 0.625. The van der Waals surface area contributed by atoms with Gasteiger partial charge < -0.3 is 4.74 Å². The Hall–Kier alpha value is -0.840. The quantitative estimate of drug-likeness (QED) is 0.301. The van der Waals surface area contributed by atoms with E-state index in [0.717, 1.165) is 13.0 Å². The van der Waals surface area contributed by atoms with E-state index in [9.17, 15) is 0 Å². The summed E-state index contributed by atoms with van der Waals surface area (Å²) in [5.41, 5.74) is 1.43. The van der Waals surface area contributed by atoms with Crippen LogP contribution in [0.1, 0.15) is 84.1 Å². The molecular weight excluding hydrogens is 445 g/mol. The minimum atomic E-state index is 0.00783. The average molecular weight is 480 g/mol. The molecule has 0 saturated heterocycles. The van der Waals surface area contributed by atoms with E-state index >= 15 is 0 Å². The number of halogens is 1. The summed E-state index contributed by atoms with van der Waals surface area (Å²) in [6.07, 6.45) is 8.82. The summed E-state index contributed by atoms with van der Waals surface area (Å²) in [7, 11) is 0. The molecule has 1 aliphatic heterocycles. The number of allylic oxidation sites excluding steroid dienone is 1. The minimum absolute atomic E-state index is 0.00783. The Morgan fingerprint density at radius 2 is 1.93 bits per heavy atom. The van der Waals surface area contributed by atoms with Gasteiger partial charge in [-0.05, 0) is 54.3 Å². The van der Waals surface area contributed by atoms with E-state index in [1.165, 1.54) is 59.3 Å². The van der Waals surface area contributed by atoms with E-state index in [1.54, 1.807) is 0 Å². The van der Waals surface area contributed by atoms with Crippen molar-refractivity contribution in [3.63, 3.8) is 0 Å². The van der Waals surface area contributed by atoms with Crippen LogP contribution in [-0.4, -0.2) is 22.6 Å². The number of unbranched alkanes of at least 4 members (excludes halogenated alkanes) is 1. The smallest absolute Gasteiger partial charge is 0.342 e. The van der Waals surface area contributed by atoms with Crippen LogP contribution >= 0.6 is 22.6 Å². The summed E-state index contributed by atoms with van der Waals surface area (Å²) in [6.45, 7) is 10.3. The van der Waals surface area contributed by atoms with Gasteiger partial charge in [0, 0.05) is 22.3 Å². The van der Waals surface area contributed by atoms with Crippen LogP contribution in [0, 0.1) is 5.92 Å². The first-order chi connectivity index (χ1) is 13.0. The number of hydrogen-bond donors (Lipinski definition) is 0. The Labute approximate surface area is 179 Å². The zero-order valence-corrected chi connectivity index (χ0v) is 19.6. The van der Waals surface area contributed by atoms with E-state index in [0.29, 0.717) is 11.8 Å². The summed E-state index contributed by atoms with van der Waals surface area (Å²) in [5.74, 6) is 3.61. The molecule has 0 radical (unpaired) electrons. The molecule has 3 heteroatoms. The van der Waals surface area contributed by atoms with Crippen molar-refractivity contribution in [1.82, 2.24) is 0 Å². The molecule has 27 heavy (non-hydrogen) atoms. The van der Waals surface area contributed by atoms with E-state index in [2.05, 4.69) is 85.2 Å². The van der Waals surface area contributed by atoms with Crippen molar-refractivity contribution >= 4 is 28.5 Å². The Balaban J connectivity index is 2.00. The summed E-state index contributed by atoms with van der Waals surface area (Å²) < 4.78 is 10.6. The van der Waals surface area contributed by atoms with Crippen molar-refractivity contribution in [1.29, 1.82) is 0 Å². The monoisotopic (exact) mass is 480 g/mol. The van der Waals surface area contributed by atoms with E-state index < -0.39 is 0 Å². The predicted molar refractivity (Wildman–Crippen MR) is 123 cm³/mol. The average Bonchev–Trinajstić information content (AvgIpc) is 3.29. The SMILES string of the molecule is CCCCC1=[N+](CC(C)c2ccccc2)C(C)(C2CCCC2)C(=C(C)I)O1. The molecule has 3 rings (SSSR count). The first-order valence-corrected chi connectivity index (χ1v) is 11.8. The molecule has 2 aliphatic rings. The van der Waals surface area contributed by atoms with Gasteiger partial charge >= 0.3 is 5.90 Å². The topological polar surface area (TPSA) is 12.2 Å². The van der Waals surface area contributed by atoms with Gasteiger partial charge in [0.05, 0.1) is 6.42 Å². The van der Waals surface area contributed by atoms with Crippen molar-refractivity contribution in [2.24, 2.45) is 5.92 Å². The number of rotatable bonds is 7. The molecule has 2 unspecified atom stereocenters. The van der Waals surface area contributed by atoms with Crippen LogP contribution in [0.25, 0.3) is 0 Å². The lowest BCUT2D eigenvalue weighted by Gasteiger charge is -2.29. The summed E-state index contributed by atoms with van der Waals surface area (Å²) in [5, 5.41) is 0. The van der Waals surface area contributed by atoms with Gasteiger partial charge in [0.15, 0.2) is 12.3 Å². The summed E-state index contributed by atoms with van der Waals surface area (Å²) in [6, 6.07) is 11.0. The molecule has 1 heterocycles. The predicted octanol–water partition coefficient (Wildman–Crippen LogP) is 7.04. The van der Waals surface area contributed by atoms with Gasteiger partial charge in [0.1, 0.15) is 0 Å². The Kier molecular flexibility index (Phi) is 7.04. The van der Waals surface area contributed by atoms with Crippen molar-refractivity contribution in [2.45, 2.75) is 84.1 Å². The highest BCUT2D eigenvalue weighted by atomic mass is 127. The number of hydrogen-bond acceptors (Lipinski definition) is 1. The van der Waals surface area contributed by atoms with Gasteiger partial charge in [-0.25, -0.2) is 0 Å². The zero-order valence-electron chi connectivity index (χ0n) is 17.4. The molecular formula is C24H35INO+. The van der Waals surface area contributed by atoms with Crippen LogP contribution < -0.4 is 0 Å². The van der Waals surface area contributed by atoms with Crippen LogP contribution in [0.15, 0.2) is 39.7 Å². The molecule has 1 saturated carbocycles. The second kappa shape index (κ2) is 9.11. The summed E-state index contributed by atoms with van der Waals surface area (Å²) in [4.78, 5) is 0.